The molecule has 3 N–H and O–H groups in total. The van der Waals surface area contributed by atoms with Crippen LogP contribution in [0, 0.1) is 0 Å². The highest BCUT2D eigenvalue weighted by Crippen LogP contribution is 2.18. The molecule has 0 aromatic heterocycles. The fourth-order valence-electron chi connectivity index (χ4n) is 1.83. The molecule has 104 valence electrons. The van der Waals surface area contributed by atoms with Gasteiger partial charge in [0.15, 0.2) is 0 Å². The third-order valence-electron chi connectivity index (χ3n) is 2.85. The maximum Gasteiger partial charge on any atom is 0.253 e. The Kier molecular flexibility index (Phi) is 5.04. The summed E-state index contributed by atoms with van der Waals surface area (Å²) in [6, 6.07) is 12.8. The van der Waals surface area contributed by atoms with E-state index in [0.717, 1.165) is 16.5 Å². The van der Waals surface area contributed by atoms with Crippen molar-refractivity contribution in [2.24, 2.45) is 0 Å². The molecule has 2 rings (SSSR count). The van der Waals surface area contributed by atoms with E-state index in [9.17, 15) is 4.79 Å². The Morgan fingerprint density at radius 3 is 2.80 bits per heavy atom. The van der Waals surface area contributed by atoms with Crippen LogP contribution in [-0.2, 0) is 6.42 Å². The molecule has 0 aliphatic carbocycles. The Bertz CT molecular complexity index is 631. The third-order valence-corrected chi connectivity index (χ3v) is 3.58. The van der Waals surface area contributed by atoms with Gasteiger partial charge in [-0.2, -0.15) is 0 Å². The van der Waals surface area contributed by atoms with E-state index in [1.807, 2.05) is 24.3 Å². The normalized spacial score (nSPS) is 10.3. The Balaban J connectivity index is 1.94. The van der Waals surface area contributed by atoms with Crippen LogP contribution in [0.4, 0.5) is 5.69 Å². The molecular weight excluding hydrogens is 340 g/mol. The monoisotopic (exact) mass is 352 g/mol. The standard InChI is InChI=1S/C15H14BrClN2O/c16-11-4-5-14(18)13(9-11)15(20)19-7-6-10-2-1-3-12(17)8-10/h1-5,8-9H,6-7,18H2,(H,19,20). The second kappa shape index (κ2) is 6.77. The zero-order valence-corrected chi connectivity index (χ0v) is 13.0. The molecule has 5 heteroatoms. The number of halogens is 2. The average Bonchev–Trinajstić information content (AvgIpc) is 2.41. The maximum atomic E-state index is 12.0. The molecule has 0 aliphatic rings. The Labute approximate surface area is 131 Å². The van der Waals surface area contributed by atoms with Crippen molar-refractivity contribution in [1.82, 2.24) is 5.32 Å². The fourth-order valence-corrected chi connectivity index (χ4v) is 2.41. The number of hydrogen-bond acceptors (Lipinski definition) is 2. The molecule has 0 heterocycles. The topological polar surface area (TPSA) is 55.1 Å². The smallest absolute Gasteiger partial charge is 0.253 e. The highest BCUT2D eigenvalue weighted by Gasteiger charge is 2.09. The number of amides is 1. The predicted octanol–water partition coefficient (Wildman–Crippen LogP) is 3.66. The lowest BCUT2D eigenvalue weighted by Gasteiger charge is -2.08. The molecule has 20 heavy (non-hydrogen) atoms. The second-order valence-corrected chi connectivity index (χ2v) is 5.72. The first-order chi connectivity index (χ1) is 9.56. The average molecular weight is 354 g/mol. The highest BCUT2D eigenvalue weighted by atomic mass is 79.9. The van der Waals surface area contributed by atoms with Crippen molar-refractivity contribution in [1.29, 1.82) is 0 Å². The number of nitrogen functional groups attached to an aromatic ring is 1. The molecule has 0 bridgehead atoms. The van der Waals surface area contributed by atoms with Gasteiger partial charge in [0, 0.05) is 21.7 Å². The number of carbonyl (C=O) groups is 1. The van der Waals surface area contributed by atoms with Crippen LogP contribution in [0.25, 0.3) is 0 Å². The SMILES string of the molecule is Nc1ccc(Br)cc1C(=O)NCCc1cccc(Cl)c1. The van der Waals surface area contributed by atoms with Gasteiger partial charge in [0.2, 0.25) is 0 Å². The lowest BCUT2D eigenvalue weighted by molar-refractivity contribution is 0.0955. The molecule has 0 saturated carbocycles. The molecule has 1 amide bonds. The van der Waals surface area contributed by atoms with Gasteiger partial charge in [-0.3, -0.25) is 4.79 Å². The summed E-state index contributed by atoms with van der Waals surface area (Å²) in [7, 11) is 0. The molecule has 3 nitrogen and oxygen atoms in total. The summed E-state index contributed by atoms with van der Waals surface area (Å²) in [5.41, 5.74) is 7.82. The van der Waals surface area contributed by atoms with E-state index in [2.05, 4.69) is 21.2 Å². The third kappa shape index (κ3) is 3.99. The summed E-state index contributed by atoms with van der Waals surface area (Å²) in [5, 5.41) is 3.55. The van der Waals surface area contributed by atoms with Crippen LogP contribution in [0.15, 0.2) is 46.9 Å². The molecule has 2 aromatic rings. The minimum absolute atomic E-state index is 0.175. The zero-order valence-electron chi connectivity index (χ0n) is 10.7. The van der Waals surface area contributed by atoms with Gasteiger partial charge in [0.1, 0.15) is 0 Å². The molecular formula is C15H14BrClN2O. The molecule has 2 aromatic carbocycles. The van der Waals surface area contributed by atoms with Crippen molar-refractivity contribution in [3.63, 3.8) is 0 Å². The summed E-state index contributed by atoms with van der Waals surface area (Å²) >= 11 is 9.24. The Morgan fingerprint density at radius 2 is 2.05 bits per heavy atom. The van der Waals surface area contributed by atoms with Crippen molar-refractivity contribution >= 4 is 39.1 Å². The molecule has 0 radical (unpaired) electrons. The summed E-state index contributed by atoms with van der Waals surface area (Å²) in [5.74, 6) is -0.175. The van der Waals surface area contributed by atoms with Gasteiger partial charge >= 0.3 is 0 Å². The molecule has 0 aliphatic heterocycles. The maximum absolute atomic E-state index is 12.0. The van der Waals surface area contributed by atoms with E-state index in [1.165, 1.54) is 0 Å². The molecule has 0 fully saturated rings. The van der Waals surface area contributed by atoms with E-state index < -0.39 is 0 Å². The van der Waals surface area contributed by atoms with Gasteiger partial charge in [-0.15, -0.1) is 0 Å². The largest absolute Gasteiger partial charge is 0.398 e. The molecule has 0 spiro atoms. The van der Waals surface area contributed by atoms with E-state index in [4.69, 9.17) is 17.3 Å². The lowest BCUT2D eigenvalue weighted by atomic mass is 10.1. The summed E-state index contributed by atoms with van der Waals surface area (Å²) in [6.45, 7) is 0.533. The Hall–Kier alpha value is -1.52. The van der Waals surface area contributed by atoms with Crippen LogP contribution in [-0.4, -0.2) is 12.5 Å². The van der Waals surface area contributed by atoms with Crippen molar-refractivity contribution in [2.75, 3.05) is 12.3 Å². The number of hydrogen-bond donors (Lipinski definition) is 2. The van der Waals surface area contributed by atoms with Crippen LogP contribution in [0.2, 0.25) is 5.02 Å². The first-order valence-corrected chi connectivity index (χ1v) is 7.31. The van der Waals surface area contributed by atoms with Crippen molar-refractivity contribution in [3.05, 3.63) is 63.1 Å². The summed E-state index contributed by atoms with van der Waals surface area (Å²) < 4.78 is 0.826. The van der Waals surface area contributed by atoms with E-state index in [0.29, 0.717) is 22.8 Å². The van der Waals surface area contributed by atoms with Crippen LogP contribution < -0.4 is 11.1 Å². The molecule has 0 saturated heterocycles. The van der Waals surface area contributed by atoms with Crippen LogP contribution in [0.3, 0.4) is 0 Å². The highest BCUT2D eigenvalue weighted by molar-refractivity contribution is 9.10. The zero-order chi connectivity index (χ0) is 14.5. The van der Waals surface area contributed by atoms with Gasteiger partial charge in [-0.25, -0.2) is 0 Å². The van der Waals surface area contributed by atoms with Crippen LogP contribution in [0.1, 0.15) is 15.9 Å². The number of carbonyl (C=O) groups excluding carboxylic acids is 1. The van der Waals surface area contributed by atoms with E-state index in [1.54, 1.807) is 18.2 Å². The van der Waals surface area contributed by atoms with Crippen molar-refractivity contribution in [3.8, 4) is 0 Å². The number of benzene rings is 2. The minimum Gasteiger partial charge on any atom is -0.398 e. The summed E-state index contributed by atoms with van der Waals surface area (Å²) in [4.78, 5) is 12.0. The van der Waals surface area contributed by atoms with Gasteiger partial charge < -0.3 is 11.1 Å². The van der Waals surface area contributed by atoms with Gasteiger partial charge in [-0.1, -0.05) is 39.7 Å². The van der Waals surface area contributed by atoms with Crippen molar-refractivity contribution in [2.45, 2.75) is 6.42 Å². The predicted molar refractivity (Wildman–Crippen MR) is 86.0 cm³/mol. The van der Waals surface area contributed by atoms with Crippen LogP contribution >= 0.6 is 27.5 Å². The Morgan fingerprint density at radius 1 is 1.25 bits per heavy atom. The fraction of sp³-hybridized carbons (Fsp3) is 0.133. The lowest BCUT2D eigenvalue weighted by Crippen LogP contribution is -2.26. The minimum atomic E-state index is -0.175. The van der Waals surface area contributed by atoms with E-state index >= 15 is 0 Å². The molecule has 0 atom stereocenters. The first-order valence-electron chi connectivity index (χ1n) is 6.14. The summed E-state index contributed by atoms with van der Waals surface area (Å²) in [6.07, 6.45) is 0.722. The first kappa shape index (κ1) is 14.9. The number of anilines is 1. The van der Waals surface area contributed by atoms with Crippen molar-refractivity contribution < 1.29 is 4.79 Å². The quantitative estimate of drug-likeness (QED) is 0.824. The van der Waals surface area contributed by atoms with Gasteiger partial charge in [-0.05, 0) is 42.3 Å². The number of nitrogens with two attached hydrogens (primary N) is 1. The molecule has 0 unspecified atom stereocenters. The second-order valence-electron chi connectivity index (χ2n) is 4.37. The van der Waals surface area contributed by atoms with Crippen LogP contribution in [0.5, 0.6) is 0 Å². The number of nitrogens with one attached hydrogen (secondary N) is 1. The number of rotatable bonds is 4. The van der Waals surface area contributed by atoms with Gasteiger partial charge in [0.05, 0.1) is 5.56 Å². The van der Waals surface area contributed by atoms with E-state index in [-0.39, 0.29) is 5.91 Å². The van der Waals surface area contributed by atoms with Gasteiger partial charge in [0.25, 0.3) is 5.91 Å².